The van der Waals surface area contributed by atoms with E-state index in [2.05, 4.69) is 0 Å². The summed E-state index contributed by atoms with van der Waals surface area (Å²) in [6.07, 6.45) is 0.294. The molecule has 7 heteroatoms. The lowest BCUT2D eigenvalue weighted by atomic mass is 10.1. The second kappa shape index (κ2) is 7.16. The van der Waals surface area contributed by atoms with Gasteiger partial charge in [-0.25, -0.2) is 9.45 Å². The predicted octanol–water partition coefficient (Wildman–Crippen LogP) is 2.87. The van der Waals surface area contributed by atoms with E-state index < -0.39 is 10.7 Å². The van der Waals surface area contributed by atoms with E-state index in [1.165, 1.54) is 35.4 Å². The number of nitro groups is 1. The Morgan fingerprint density at radius 3 is 2.50 bits per heavy atom. The van der Waals surface area contributed by atoms with Crippen LogP contribution < -0.4 is 5.06 Å². The normalized spacial score (nSPS) is 10.0. The van der Waals surface area contributed by atoms with Crippen molar-refractivity contribution in [3.63, 3.8) is 0 Å². The van der Waals surface area contributed by atoms with Crippen molar-refractivity contribution in [1.29, 1.82) is 0 Å². The first-order valence-corrected chi connectivity index (χ1v) is 6.47. The Hall–Kier alpha value is -2.96. The topological polar surface area (TPSA) is 72.7 Å². The molecule has 0 aromatic heterocycles. The molecule has 0 fully saturated rings. The number of hydrogen-bond acceptors (Lipinski definition) is 5. The maximum Gasteiger partial charge on any atom is 0.320 e. The fourth-order valence-corrected chi connectivity index (χ4v) is 2.02. The molecule has 114 valence electrons. The highest BCUT2D eigenvalue weighted by Crippen LogP contribution is 2.20. The molecule has 22 heavy (non-hydrogen) atoms. The number of benzene rings is 2. The summed E-state index contributed by atoms with van der Waals surface area (Å²) >= 11 is 0. The molecule has 0 aliphatic heterocycles. The lowest BCUT2D eigenvalue weighted by Gasteiger charge is -2.20. The van der Waals surface area contributed by atoms with Crippen LogP contribution in [-0.2, 0) is 16.1 Å². The van der Waals surface area contributed by atoms with Crippen LogP contribution in [0.15, 0.2) is 48.5 Å². The van der Waals surface area contributed by atoms with Gasteiger partial charge in [0.1, 0.15) is 5.82 Å². The number of nitrogens with zero attached hydrogens (tertiary/aromatic N) is 2. The molecule has 6 nitrogen and oxygen atoms in total. The Balaban J connectivity index is 2.14. The number of carbonyl (C=O) groups is 1. The Kier molecular flexibility index (Phi) is 5.02. The number of hydroxylamine groups is 1. The van der Waals surface area contributed by atoms with Crippen molar-refractivity contribution >= 4 is 17.8 Å². The number of nitro benzene ring substituents is 1. The molecule has 0 bridgehead atoms. The van der Waals surface area contributed by atoms with Crippen LogP contribution in [0.2, 0.25) is 0 Å². The van der Waals surface area contributed by atoms with Gasteiger partial charge in [-0.3, -0.25) is 14.9 Å². The van der Waals surface area contributed by atoms with Gasteiger partial charge in [-0.05, 0) is 24.3 Å². The highest BCUT2D eigenvalue weighted by atomic mass is 19.1. The molecular weight excluding hydrogens is 291 g/mol. The van der Waals surface area contributed by atoms with Crippen molar-refractivity contribution in [3.05, 3.63) is 70.0 Å². The third kappa shape index (κ3) is 3.78. The molecule has 0 saturated heterocycles. The van der Waals surface area contributed by atoms with Crippen LogP contribution in [-0.4, -0.2) is 17.9 Å². The van der Waals surface area contributed by atoms with Gasteiger partial charge in [0.15, 0.2) is 0 Å². The fraction of sp³-hybridized carbons (Fsp3) is 0.133. The largest absolute Gasteiger partial charge is 0.344 e. The Bertz CT molecular complexity index is 661. The molecule has 0 heterocycles. The van der Waals surface area contributed by atoms with Crippen molar-refractivity contribution in [2.75, 3.05) is 11.6 Å². The Morgan fingerprint density at radius 1 is 1.18 bits per heavy atom. The summed E-state index contributed by atoms with van der Waals surface area (Å²) in [5, 5.41) is 12.2. The van der Waals surface area contributed by atoms with Gasteiger partial charge >= 0.3 is 6.47 Å². The average Bonchev–Trinajstić information content (AvgIpc) is 2.52. The summed E-state index contributed by atoms with van der Waals surface area (Å²) in [6, 6.07) is 11.7. The number of halogens is 1. The van der Waals surface area contributed by atoms with E-state index >= 15 is 0 Å². The molecule has 2 aromatic carbocycles. The van der Waals surface area contributed by atoms with Crippen LogP contribution in [0.4, 0.5) is 15.8 Å². The smallest absolute Gasteiger partial charge is 0.320 e. The molecule has 0 radical (unpaired) electrons. The second-order valence-electron chi connectivity index (χ2n) is 4.42. The van der Waals surface area contributed by atoms with Gasteiger partial charge in [0.2, 0.25) is 0 Å². The van der Waals surface area contributed by atoms with Gasteiger partial charge in [-0.15, -0.1) is 0 Å². The molecule has 0 aliphatic carbocycles. The molecule has 0 amide bonds. The highest BCUT2D eigenvalue weighted by Gasteiger charge is 2.15. The molecule has 0 saturated carbocycles. The molecule has 0 spiro atoms. The zero-order valence-corrected chi connectivity index (χ0v) is 11.5. The molecule has 2 aromatic rings. The molecule has 2 rings (SSSR count). The lowest BCUT2D eigenvalue weighted by Crippen LogP contribution is -2.25. The van der Waals surface area contributed by atoms with E-state index in [0.717, 1.165) is 0 Å². The maximum absolute atomic E-state index is 12.9. The van der Waals surface area contributed by atoms with E-state index in [1.807, 2.05) is 0 Å². The van der Waals surface area contributed by atoms with E-state index in [0.29, 0.717) is 17.7 Å². The molecule has 0 N–H and O–H groups in total. The third-order valence-electron chi connectivity index (χ3n) is 3.06. The molecule has 0 aliphatic rings. The van der Waals surface area contributed by atoms with Crippen LogP contribution in [0.5, 0.6) is 0 Å². The van der Waals surface area contributed by atoms with Crippen LogP contribution in [0.1, 0.15) is 5.56 Å². The number of rotatable bonds is 7. The summed E-state index contributed by atoms with van der Waals surface area (Å²) in [5.41, 5.74) is 1.01. The van der Waals surface area contributed by atoms with E-state index in [4.69, 9.17) is 4.84 Å². The van der Waals surface area contributed by atoms with Gasteiger partial charge in [0.25, 0.3) is 5.69 Å². The SMILES string of the molecule is O=CON(CCc1ccccc1[N+](=O)[O-])c1ccc(F)cc1. The van der Waals surface area contributed by atoms with Gasteiger partial charge in [0.05, 0.1) is 17.2 Å². The number of carbonyl (C=O) groups excluding carboxylic acids is 1. The molecule has 0 atom stereocenters. The first kappa shape index (κ1) is 15.4. The first-order valence-electron chi connectivity index (χ1n) is 6.47. The fourth-order valence-electron chi connectivity index (χ4n) is 2.02. The minimum Gasteiger partial charge on any atom is -0.344 e. The van der Waals surface area contributed by atoms with Gasteiger partial charge in [-0.2, -0.15) is 0 Å². The molecular formula is C15H13FN2O4. The van der Waals surface area contributed by atoms with E-state index in [1.54, 1.807) is 18.2 Å². The summed E-state index contributed by atoms with van der Waals surface area (Å²) in [4.78, 5) is 25.9. The van der Waals surface area contributed by atoms with Gasteiger partial charge in [-0.1, -0.05) is 18.2 Å². The van der Waals surface area contributed by atoms with Crippen LogP contribution in [0, 0.1) is 15.9 Å². The number of anilines is 1. The summed E-state index contributed by atoms with van der Waals surface area (Å²) in [7, 11) is 0. The zero-order valence-electron chi connectivity index (χ0n) is 11.5. The van der Waals surface area contributed by atoms with Crippen molar-refractivity contribution < 1.29 is 18.9 Å². The van der Waals surface area contributed by atoms with Crippen molar-refractivity contribution in [2.24, 2.45) is 0 Å². The van der Waals surface area contributed by atoms with Crippen molar-refractivity contribution in [2.45, 2.75) is 6.42 Å². The summed E-state index contributed by atoms with van der Waals surface area (Å²) in [6.45, 7) is 0.456. The minimum atomic E-state index is -0.460. The highest BCUT2D eigenvalue weighted by molar-refractivity contribution is 5.49. The Morgan fingerprint density at radius 2 is 1.86 bits per heavy atom. The maximum atomic E-state index is 12.9. The summed E-state index contributed by atoms with van der Waals surface area (Å²) < 4.78 is 12.9. The third-order valence-corrected chi connectivity index (χ3v) is 3.06. The van der Waals surface area contributed by atoms with Crippen LogP contribution in [0.3, 0.4) is 0 Å². The second-order valence-corrected chi connectivity index (χ2v) is 4.42. The van der Waals surface area contributed by atoms with Crippen LogP contribution in [0.25, 0.3) is 0 Å². The summed E-state index contributed by atoms with van der Waals surface area (Å²) in [5.74, 6) is -0.409. The van der Waals surface area contributed by atoms with Crippen molar-refractivity contribution in [1.82, 2.24) is 0 Å². The first-order chi connectivity index (χ1) is 10.6. The predicted molar refractivity (Wildman–Crippen MR) is 77.7 cm³/mol. The molecule has 0 unspecified atom stereocenters. The quantitative estimate of drug-likeness (QED) is 0.447. The number of hydrogen-bond donors (Lipinski definition) is 0. The zero-order chi connectivity index (χ0) is 15.9. The van der Waals surface area contributed by atoms with E-state index in [-0.39, 0.29) is 18.7 Å². The average molecular weight is 304 g/mol. The number of para-hydroxylation sites is 1. The Labute approximate surface area is 125 Å². The van der Waals surface area contributed by atoms with Gasteiger partial charge < -0.3 is 4.84 Å². The van der Waals surface area contributed by atoms with Gasteiger partial charge in [0, 0.05) is 18.1 Å². The van der Waals surface area contributed by atoms with Crippen molar-refractivity contribution in [3.8, 4) is 0 Å². The lowest BCUT2D eigenvalue weighted by molar-refractivity contribution is -0.385. The standard InChI is InChI=1S/C15H13FN2O4/c16-13-5-7-14(8-6-13)17(22-11-19)10-9-12-3-1-2-4-15(12)18(20)21/h1-8,11H,9-10H2. The van der Waals surface area contributed by atoms with E-state index in [9.17, 15) is 19.3 Å². The monoisotopic (exact) mass is 304 g/mol. The van der Waals surface area contributed by atoms with Crippen LogP contribution >= 0.6 is 0 Å². The minimum absolute atomic E-state index is 0.00709.